The van der Waals surface area contributed by atoms with E-state index in [9.17, 15) is 22.4 Å². The molecule has 2 rings (SSSR count). The van der Waals surface area contributed by atoms with Crippen molar-refractivity contribution < 1.29 is 22.4 Å². The minimum absolute atomic E-state index is 0.0198. The fourth-order valence-electron chi connectivity index (χ4n) is 2.66. The fourth-order valence-corrected chi connectivity index (χ4v) is 3.05. The van der Waals surface area contributed by atoms with Gasteiger partial charge in [-0.25, -0.2) is 14.4 Å². The van der Waals surface area contributed by atoms with Gasteiger partial charge in [-0.1, -0.05) is 41.4 Å². The van der Waals surface area contributed by atoms with Crippen molar-refractivity contribution in [2.75, 3.05) is 6.54 Å². The molecule has 1 atom stereocenters. The molecule has 2 aromatic carbocycles. The largest absolute Gasteiger partial charge is 0.451 e. The second-order valence-electron chi connectivity index (χ2n) is 6.40. The summed E-state index contributed by atoms with van der Waals surface area (Å²) in [6.45, 7) is 4.39. The number of amides is 1. The van der Waals surface area contributed by atoms with Crippen molar-refractivity contribution >= 4 is 41.7 Å². The van der Waals surface area contributed by atoms with E-state index < -0.39 is 29.7 Å². The van der Waals surface area contributed by atoms with Crippen LogP contribution in [0.25, 0.3) is 0 Å². The molecule has 0 aliphatic heterocycles. The first-order valence-corrected chi connectivity index (χ1v) is 9.56. The van der Waals surface area contributed by atoms with Crippen LogP contribution in [-0.2, 0) is 0 Å². The third-order valence-electron chi connectivity index (χ3n) is 4.28. The van der Waals surface area contributed by atoms with Gasteiger partial charge in [0.15, 0.2) is 0 Å². The Morgan fingerprint density at radius 2 is 1.84 bits per heavy atom. The predicted molar refractivity (Wildman–Crippen MR) is 115 cm³/mol. The Morgan fingerprint density at radius 3 is 2.42 bits per heavy atom. The van der Waals surface area contributed by atoms with Crippen LogP contribution in [0, 0.1) is 5.82 Å². The Balaban J connectivity index is 2.33. The van der Waals surface area contributed by atoms with Gasteiger partial charge < -0.3 is 5.32 Å². The summed E-state index contributed by atoms with van der Waals surface area (Å²) in [5.74, 6) is -3.02. The van der Waals surface area contributed by atoms with Gasteiger partial charge in [0.1, 0.15) is 5.82 Å². The van der Waals surface area contributed by atoms with Crippen LogP contribution in [0.3, 0.4) is 0 Å². The molecule has 1 N–H and O–H groups in total. The number of carbonyl (C=O) groups is 1. The van der Waals surface area contributed by atoms with E-state index in [1.165, 1.54) is 43.3 Å². The molecule has 0 saturated heterocycles. The van der Waals surface area contributed by atoms with Crippen LogP contribution < -0.4 is 5.32 Å². The first-order chi connectivity index (χ1) is 14.5. The van der Waals surface area contributed by atoms with Crippen molar-refractivity contribution in [1.29, 1.82) is 0 Å². The van der Waals surface area contributed by atoms with Crippen LogP contribution in [0.5, 0.6) is 0 Å². The average molecular weight is 474 g/mol. The maximum atomic E-state index is 13.3. The minimum atomic E-state index is -4.76. The number of nitrogens with one attached hydrogen (secondary N) is 1. The molecule has 4 nitrogen and oxygen atoms in total. The molecular weight excluding hydrogens is 457 g/mol. The smallest absolute Gasteiger partial charge is 0.351 e. The number of hydrogen-bond donors (Lipinski definition) is 1. The number of hydrogen-bond acceptors (Lipinski definition) is 2. The lowest BCUT2D eigenvalue weighted by atomic mass is 9.92. The maximum Gasteiger partial charge on any atom is 0.451 e. The van der Waals surface area contributed by atoms with Crippen molar-refractivity contribution in [3.05, 3.63) is 81.2 Å². The lowest BCUT2D eigenvalue weighted by Gasteiger charge is -2.19. The highest BCUT2D eigenvalue weighted by Crippen LogP contribution is 2.27. The van der Waals surface area contributed by atoms with Crippen LogP contribution in [0.15, 0.2) is 64.2 Å². The number of amidine groups is 1. The van der Waals surface area contributed by atoms with E-state index in [1.54, 1.807) is 6.07 Å². The summed E-state index contributed by atoms with van der Waals surface area (Å²) in [6, 6.07) is 9.92. The molecule has 0 radical (unpaired) electrons. The summed E-state index contributed by atoms with van der Waals surface area (Å²) < 4.78 is 51.8. The highest BCUT2D eigenvalue weighted by atomic mass is 35.5. The average Bonchev–Trinajstić information content (AvgIpc) is 2.70. The molecular formula is C21H17Cl2F4N3O. The van der Waals surface area contributed by atoms with E-state index >= 15 is 0 Å². The molecule has 1 amide bonds. The van der Waals surface area contributed by atoms with E-state index in [4.69, 9.17) is 23.2 Å². The van der Waals surface area contributed by atoms with E-state index in [-0.39, 0.29) is 22.2 Å². The number of alkyl halides is 3. The predicted octanol–water partition coefficient (Wildman–Crippen LogP) is 6.21. The second-order valence-corrected chi connectivity index (χ2v) is 7.18. The summed E-state index contributed by atoms with van der Waals surface area (Å²) in [6.07, 6.45) is -3.77. The van der Waals surface area contributed by atoms with Gasteiger partial charge in [0.05, 0.1) is 15.6 Å². The zero-order chi connectivity index (χ0) is 23.2. The zero-order valence-corrected chi connectivity index (χ0v) is 17.7. The monoisotopic (exact) mass is 473 g/mol. The van der Waals surface area contributed by atoms with Crippen molar-refractivity contribution in [3.8, 4) is 0 Å². The summed E-state index contributed by atoms with van der Waals surface area (Å²) in [5, 5.41) is 2.94. The van der Waals surface area contributed by atoms with Crippen LogP contribution in [0.4, 0.5) is 17.6 Å². The van der Waals surface area contributed by atoms with Gasteiger partial charge in [-0.05, 0) is 49.0 Å². The van der Waals surface area contributed by atoms with Gasteiger partial charge in [-0.2, -0.15) is 13.2 Å². The number of nitrogens with zero attached hydrogens (tertiary/aromatic N) is 2. The van der Waals surface area contributed by atoms with Gasteiger partial charge in [-0.15, -0.1) is 0 Å². The minimum Gasteiger partial charge on any atom is -0.351 e. The van der Waals surface area contributed by atoms with Crippen LogP contribution in [0.1, 0.15) is 28.8 Å². The molecule has 0 spiro atoms. The van der Waals surface area contributed by atoms with E-state index in [1.807, 2.05) is 0 Å². The first-order valence-electron chi connectivity index (χ1n) is 8.80. The highest BCUT2D eigenvalue weighted by molar-refractivity contribution is 6.43. The Bertz CT molecular complexity index is 1020. The molecule has 0 aliphatic carbocycles. The molecule has 0 fully saturated rings. The molecule has 164 valence electrons. The molecule has 0 bridgehead atoms. The SMILES string of the molecule is C=NC(=N/C=C(\C)C(CNC(=O)c1cccc(Cl)c1Cl)c1ccc(F)cc1)C(F)(F)F. The summed E-state index contributed by atoms with van der Waals surface area (Å²) in [5.41, 5.74) is 1.07. The van der Waals surface area contributed by atoms with Gasteiger partial charge in [0, 0.05) is 18.7 Å². The quantitative estimate of drug-likeness (QED) is 0.302. The third-order valence-corrected chi connectivity index (χ3v) is 5.10. The van der Waals surface area contributed by atoms with Crippen molar-refractivity contribution in [2.45, 2.75) is 19.0 Å². The molecule has 2 aromatic rings. The van der Waals surface area contributed by atoms with Gasteiger partial charge in [0.25, 0.3) is 5.91 Å². The van der Waals surface area contributed by atoms with Crippen LogP contribution in [0.2, 0.25) is 10.0 Å². The second kappa shape index (κ2) is 10.5. The third kappa shape index (κ3) is 6.63. The molecule has 10 heteroatoms. The standard InChI is InChI=1S/C21H17Cl2F4N3O/c1-12(10-30-20(28-2)21(25,26)27)16(13-6-8-14(24)9-7-13)11-29-19(31)15-4-3-5-17(22)18(15)23/h3-10,16H,2,11H2,1H3,(H,29,31)/b12-10+,30-20?. The fraction of sp³-hybridized carbons (Fsp3) is 0.190. The van der Waals surface area contributed by atoms with Crippen molar-refractivity contribution in [2.24, 2.45) is 9.98 Å². The molecule has 0 saturated carbocycles. The number of carbonyl (C=O) groups excluding carboxylic acids is 1. The van der Waals surface area contributed by atoms with Crippen molar-refractivity contribution in [1.82, 2.24) is 5.32 Å². The topological polar surface area (TPSA) is 53.8 Å². The number of benzene rings is 2. The highest BCUT2D eigenvalue weighted by Gasteiger charge is 2.35. The van der Waals surface area contributed by atoms with E-state index in [0.29, 0.717) is 11.1 Å². The number of rotatable bonds is 6. The van der Waals surface area contributed by atoms with Crippen LogP contribution in [-0.4, -0.2) is 31.2 Å². The number of halogens is 6. The number of aliphatic imine (C=N–C) groups is 2. The molecule has 0 aliphatic rings. The molecule has 31 heavy (non-hydrogen) atoms. The van der Waals surface area contributed by atoms with E-state index in [2.05, 4.69) is 22.0 Å². The lowest BCUT2D eigenvalue weighted by Crippen LogP contribution is -2.29. The first kappa shape index (κ1) is 24.6. The zero-order valence-electron chi connectivity index (χ0n) is 16.2. The Kier molecular flexibility index (Phi) is 8.36. The molecule has 1 unspecified atom stereocenters. The van der Waals surface area contributed by atoms with Crippen molar-refractivity contribution in [3.63, 3.8) is 0 Å². The Labute approximate surface area is 186 Å². The van der Waals surface area contributed by atoms with E-state index in [0.717, 1.165) is 6.20 Å². The van der Waals surface area contributed by atoms with Gasteiger partial charge in [-0.3, -0.25) is 4.79 Å². The Hall–Kier alpha value is -2.71. The maximum absolute atomic E-state index is 13.3. The normalized spacial score (nSPS) is 13.6. The van der Waals surface area contributed by atoms with Gasteiger partial charge >= 0.3 is 6.18 Å². The Morgan fingerprint density at radius 1 is 1.19 bits per heavy atom. The summed E-state index contributed by atoms with van der Waals surface area (Å²) >= 11 is 12.0. The van der Waals surface area contributed by atoms with Crippen LogP contribution >= 0.6 is 23.2 Å². The summed E-state index contributed by atoms with van der Waals surface area (Å²) in [4.78, 5) is 18.8. The molecule has 0 heterocycles. The summed E-state index contributed by atoms with van der Waals surface area (Å²) in [7, 11) is 0. The van der Waals surface area contributed by atoms with Gasteiger partial charge in [0.2, 0.25) is 5.84 Å². The lowest BCUT2D eigenvalue weighted by molar-refractivity contribution is -0.0596. The molecule has 0 aromatic heterocycles.